The largest absolute Gasteiger partial charge is 0.346 e. The SMILES string of the molecule is Cn1c2c3c(cn(C)c(=O)c3c1CS(=O)(=O)c1ccccc1)C(=O)C(c1cccnc1)=C2. The van der Waals surface area contributed by atoms with Crippen molar-refractivity contribution in [2.45, 2.75) is 10.6 Å². The lowest BCUT2D eigenvalue weighted by Crippen LogP contribution is -2.21. The Morgan fingerprint density at radius 3 is 2.41 bits per heavy atom. The highest BCUT2D eigenvalue weighted by molar-refractivity contribution is 7.90. The normalized spacial score (nSPS) is 13.4. The maximum Gasteiger partial charge on any atom is 0.260 e. The van der Waals surface area contributed by atoms with E-state index in [2.05, 4.69) is 4.98 Å². The molecule has 3 aromatic heterocycles. The molecule has 0 fully saturated rings. The van der Waals surface area contributed by atoms with Crippen molar-refractivity contribution in [1.82, 2.24) is 14.1 Å². The van der Waals surface area contributed by atoms with Crippen LogP contribution in [0.4, 0.5) is 0 Å². The molecular weight excluding hydrogens is 426 g/mol. The number of benzene rings is 1. The number of aryl methyl sites for hydroxylation is 1. The quantitative estimate of drug-likeness (QED) is 0.482. The van der Waals surface area contributed by atoms with E-state index in [-0.39, 0.29) is 27.4 Å². The maximum absolute atomic E-state index is 13.4. The van der Waals surface area contributed by atoms with E-state index >= 15 is 0 Å². The molecule has 0 saturated carbocycles. The molecule has 7 nitrogen and oxygen atoms in total. The van der Waals surface area contributed by atoms with E-state index in [1.807, 2.05) is 0 Å². The van der Waals surface area contributed by atoms with Gasteiger partial charge in [0.05, 0.1) is 21.7 Å². The van der Waals surface area contributed by atoms with Crippen LogP contribution >= 0.6 is 0 Å². The summed E-state index contributed by atoms with van der Waals surface area (Å²) in [5.74, 6) is -0.582. The first-order chi connectivity index (χ1) is 15.3. The molecule has 0 bridgehead atoms. The summed E-state index contributed by atoms with van der Waals surface area (Å²) in [6.07, 6.45) is 6.47. The third kappa shape index (κ3) is 2.95. The van der Waals surface area contributed by atoms with E-state index in [1.165, 1.54) is 22.9 Å². The van der Waals surface area contributed by atoms with Gasteiger partial charge in [0.15, 0.2) is 15.6 Å². The minimum Gasteiger partial charge on any atom is -0.346 e. The van der Waals surface area contributed by atoms with Crippen LogP contribution in [0.1, 0.15) is 27.3 Å². The molecule has 0 atom stereocenters. The first-order valence-electron chi connectivity index (χ1n) is 9.95. The zero-order valence-electron chi connectivity index (χ0n) is 17.4. The van der Waals surface area contributed by atoms with Crippen LogP contribution in [0.3, 0.4) is 0 Å². The average molecular weight is 446 g/mol. The highest BCUT2D eigenvalue weighted by Crippen LogP contribution is 2.37. The number of carbonyl (C=O) groups excluding carboxylic acids is 1. The van der Waals surface area contributed by atoms with Crippen molar-refractivity contribution >= 4 is 38.0 Å². The summed E-state index contributed by atoms with van der Waals surface area (Å²) < 4.78 is 29.3. The van der Waals surface area contributed by atoms with Crippen LogP contribution in [-0.2, 0) is 29.7 Å². The van der Waals surface area contributed by atoms with Gasteiger partial charge in [-0.15, -0.1) is 0 Å². The van der Waals surface area contributed by atoms with Crippen LogP contribution in [0.15, 0.2) is 70.7 Å². The summed E-state index contributed by atoms with van der Waals surface area (Å²) in [7, 11) is -0.419. The van der Waals surface area contributed by atoms with Crippen LogP contribution < -0.4 is 5.56 Å². The summed E-state index contributed by atoms with van der Waals surface area (Å²) in [5.41, 5.74) is 2.13. The molecule has 1 aromatic carbocycles. The standard InChI is InChI=1S/C24H19N3O4S/c1-26-13-18-21-19(11-17(23(18)28)15-7-6-10-25-12-15)27(2)20(22(21)24(26)29)14-32(30,31)16-8-4-3-5-9-16/h3-13H,14H2,1-2H3. The minimum atomic E-state index is -3.71. The molecule has 0 spiro atoms. The van der Waals surface area contributed by atoms with Crippen LogP contribution in [0, 0.1) is 0 Å². The Morgan fingerprint density at radius 2 is 1.72 bits per heavy atom. The van der Waals surface area contributed by atoms with E-state index < -0.39 is 9.84 Å². The number of hydrogen-bond donors (Lipinski definition) is 0. The van der Waals surface area contributed by atoms with E-state index in [0.717, 1.165) is 0 Å². The molecule has 0 aliphatic heterocycles. The topological polar surface area (TPSA) is 91.0 Å². The minimum absolute atomic E-state index is 0.182. The fourth-order valence-corrected chi connectivity index (χ4v) is 5.67. The lowest BCUT2D eigenvalue weighted by atomic mass is 9.90. The second-order valence-corrected chi connectivity index (χ2v) is 9.79. The molecule has 0 unspecified atom stereocenters. The van der Waals surface area contributed by atoms with Gasteiger partial charge in [-0.3, -0.25) is 14.6 Å². The first kappa shape index (κ1) is 20.1. The van der Waals surface area contributed by atoms with Crippen molar-refractivity contribution in [3.05, 3.63) is 93.9 Å². The monoisotopic (exact) mass is 445 g/mol. The van der Waals surface area contributed by atoms with Crippen molar-refractivity contribution in [1.29, 1.82) is 0 Å². The third-order valence-electron chi connectivity index (χ3n) is 5.86. The molecule has 32 heavy (non-hydrogen) atoms. The predicted molar refractivity (Wildman–Crippen MR) is 122 cm³/mol. The van der Waals surface area contributed by atoms with E-state index in [9.17, 15) is 18.0 Å². The van der Waals surface area contributed by atoms with E-state index in [0.29, 0.717) is 33.5 Å². The molecule has 5 rings (SSSR count). The number of ketones is 1. The fraction of sp³-hybridized carbons (Fsp3) is 0.125. The van der Waals surface area contributed by atoms with Gasteiger partial charge >= 0.3 is 0 Å². The Morgan fingerprint density at radius 1 is 0.969 bits per heavy atom. The summed E-state index contributed by atoms with van der Waals surface area (Å²) in [5, 5.41) is 0.753. The summed E-state index contributed by atoms with van der Waals surface area (Å²) >= 11 is 0. The highest BCUT2D eigenvalue weighted by Gasteiger charge is 2.31. The Hall–Kier alpha value is -3.78. The van der Waals surface area contributed by atoms with Crippen molar-refractivity contribution in [3.63, 3.8) is 0 Å². The third-order valence-corrected chi connectivity index (χ3v) is 7.50. The van der Waals surface area contributed by atoms with Gasteiger partial charge in [-0.1, -0.05) is 24.3 Å². The van der Waals surface area contributed by atoms with Gasteiger partial charge in [0, 0.05) is 60.5 Å². The Balaban J connectivity index is 1.80. The van der Waals surface area contributed by atoms with Crippen LogP contribution in [-0.4, -0.2) is 28.3 Å². The number of sulfone groups is 1. The summed E-state index contributed by atoms with van der Waals surface area (Å²) in [6.45, 7) is 0. The highest BCUT2D eigenvalue weighted by atomic mass is 32.2. The number of carbonyl (C=O) groups is 1. The van der Waals surface area contributed by atoms with Gasteiger partial charge < -0.3 is 9.13 Å². The molecule has 0 N–H and O–H groups in total. The first-order valence-corrected chi connectivity index (χ1v) is 11.6. The average Bonchev–Trinajstić information content (AvgIpc) is 3.06. The van der Waals surface area contributed by atoms with Crippen LogP contribution in [0.25, 0.3) is 22.4 Å². The molecule has 4 aromatic rings. The zero-order chi connectivity index (χ0) is 22.6. The smallest absolute Gasteiger partial charge is 0.260 e. The van der Waals surface area contributed by atoms with Crippen molar-refractivity contribution in [2.75, 3.05) is 0 Å². The van der Waals surface area contributed by atoms with Crippen molar-refractivity contribution in [3.8, 4) is 0 Å². The number of hydrogen-bond acceptors (Lipinski definition) is 5. The number of aromatic nitrogens is 3. The van der Waals surface area contributed by atoms with Gasteiger partial charge in [0.2, 0.25) is 0 Å². The molecule has 1 aliphatic carbocycles. The number of Topliss-reactive ketones (excluding diaryl/α,β-unsaturated/α-hetero) is 1. The molecule has 1 aliphatic rings. The molecule has 8 heteroatoms. The number of pyridine rings is 2. The van der Waals surface area contributed by atoms with Gasteiger partial charge in [-0.25, -0.2) is 8.42 Å². The van der Waals surface area contributed by atoms with Crippen molar-refractivity contribution < 1.29 is 13.2 Å². The number of rotatable bonds is 4. The van der Waals surface area contributed by atoms with Gasteiger partial charge in [0.25, 0.3) is 5.56 Å². The second-order valence-electron chi connectivity index (χ2n) is 7.80. The van der Waals surface area contributed by atoms with Crippen molar-refractivity contribution in [2.24, 2.45) is 14.1 Å². The zero-order valence-corrected chi connectivity index (χ0v) is 18.3. The Labute approximate surface area is 184 Å². The molecule has 3 heterocycles. The van der Waals surface area contributed by atoms with Gasteiger partial charge in [-0.2, -0.15) is 0 Å². The van der Waals surface area contributed by atoms with E-state index in [4.69, 9.17) is 0 Å². The summed E-state index contributed by atoms with van der Waals surface area (Å²) in [4.78, 5) is 30.7. The molecule has 0 radical (unpaired) electrons. The number of nitrogens with zero attached hydrogens (tertiary/aromatic N) is 3. The van der Waals surface area contributed by atoms with Crippen LogP contribution in [0.5, 0.6) is 0 Å². The predicted octanol–water partition coefficient (Wildman–Crippen LogP) is 2.98. The molecule has 0 saturated heterocycles. The van der Waals surface area contributed by atoms with Gasteiger partial charge in [0.1, 0.15) is 0 Å². The molecular formula is C24H19N3O4S. The van der Waals surface area contributed by atoms with E-state index in [1.54, 1.807) is 67.5 Å². The van der Waals surface area contributed by atoms with Crippen LogP contribution in [0.2, 0.25) is 0 Å². The maximum atomic E-state index is 13.4. The molecule has 0 amide bonds. The lowest BCUT2D eigenvalue weighted by molar-refractivity contribution is 0.105. The van der Waals surface area contributed by atoms with Gasteiger partial charge in [-0.05, 0) is 24.3 Å². The lowest BCUT2D eigenvalue weighted by Gasteiger charge is -2.15. The fourth-order valence-electron chi connectivity index (χ4n) is 4.23. The second kappa shape index (κ2) is 7.13. The Bertz CT molecular complexity index is 1600. The summed E-state index contributed by atoms with van der Waals surface area (Å²) in [6, 6.07) is 11.7. The molecule has 160 valence electrons. The number of allylic oxidation sites excluding steroid dienone is 1. The Kier molecular flexibility index (Phi) is 4.49.